The Morgan fingerprint density at radius 3 is 2.71 bits per heavy atom. The number of benzene rings is 2. The zero-order valence-corrected chi connectivity index (χ0v) is 14.1. The largest absolute Gasteiger partial charge is 0.371 e. The van der Waals surface area contributed by atoms with E-state index < -0.39 is 0 Å². The first-order valence-corrected chi connectivity index (χ1v) is 8.53. The molecule has 0 bridgehead atoms. The van der Waals surface area contributed by atoms with Gasteiger partial charge in [-0.25, -0.2) is 0 Å². The predicted octanol–water partition coefficient (Wildman–Crippen LogP) is 3.26. The van der Waals surface area contributed by atoms with Crippen molar-refractivity contribution in [3.05, 3.63) is 65.7 Å². The van der Waals surface area contributed by atoms with Crippen LogP contribution in [0.3, 0.4) is 0 Å². The van der Waals surface area contributed by atoms with Crippen molar-refractivity contribution in [1.29, 1.82) is 0 Å². The summed E-state index contributed by atoms with van der Waals surface area (Å²) in [6, 6.07) is 18.2. The standard InChI is InChI=1S/C20H24N2O2/c1-2-16-8-6-7-11-18(16)21-20(23)15-22-12-13-24-19(14-22)17-9-4-3-5-10-17/h3-11,19H,2,12-15H2,1H3,(H,21,23). The molecular weight excluding hydrogens is 300 g/mol. The summed E-state index contributed by atoms with van der Waals surface area (Å²) in [5.41, 5.74) is 3.24. The summed E-state index contributed by atoms with van der Waals surface area (Å²) >= 11 is 0. The van der Waals surface area contributed by atoms with Gasteiger partial charge in [0.15, 0.2) is 0 Å². The predicted molar refractivity (Wildman–Crippen MR) is 96.0 cm³/mol. The van der Waals surface area contributed by atoms with Gasteiger partial charge in [-0.05, 0) is 23.6 Å². The van der Waals surface area contributed by atoms with Gasteiger partial charge in [0.25, 0.3) is 0 Å². The lowest BCUT2D eigenvalue weighted by Crippen LogP contribution is -2.42. The molecule has 2 aromatic rings. The van der Waals surface area contributed by atoms with Gasteiger partial charge in [0.1, 0.15) is 0 Å². The first-order chi connectivity index (χ1) is 11.8. The molecule has 1 aliphatic heterocycles. The van der Waals surface area contributed by atoms with Crippen LogP contribution in [0.5, 0.6) is 0 Å². The summed E-state index contributed by atoms with van der Waals surface area (Å²) in [5, 5.41) is 3.04. The smallest absolute Gasteiger partial charge is 0.238 e. The van der Waals surface area contributed by atoms with Crippen molar-refractivity contribution in [3.63, 3.8) is 0 Å². The number of hydrogen-bond donors (Lipinski definition) is 1. The van der Waals surface area contributed by atoms with Crippen molar-refractivity contribution >= 4 is 11.6 Å². The average Bonchev–Trinajstić information content (AvgIpc) is 2.63. The van der Waals surface area contributed by atoms with E-state index in [2.05, 4.69) is 35.3 Å². The average molecular weight is 324 g/mol. The highest BCUT2D eigenvalue weighted by Crippen LogP contribution is 2.22. The number of nitrogens with one attached hydrogen (secondary N) is 1. The Balaban J connectivity index is 1.58. The third kappa shape index (κ3) is 4.22. The summed E-state index contributed by atoms with van der Waals surface area (Å²) in [6.07, 6.45) is 0.944. The molecule has 1 atom stereocenters. The van der Waals surface area contributed by atoms with Crippen LogP contribution in [-0.4, -0.2) is 37.0 Å². The number of hydrogen-bond acceptors (Lipinski definition) is 3. The maximum atomic E-state index is 12.4. The molecule has 4 nitrogen and oxygen atoms in total. The number of carbonyl (C=O) groups excluding carboxylic acids is 1. The van der Waals surface area contributed by atoms with Crippen molar-refractivity contribution in [2.75, 3.05) is 31.6 Å². The minimum Gasteiger partial charge on any atom is -0.371 e. The second-order valence-electron chi connectivity index (χ2n) is 6.06. The third-order valence-electron chi connectivity index (χ3n) is 4.36. The van der Waals surface area contributed by atoms with Crippen LogP contribution >= 0.6 is 0 Å². The van der Waals surface area contributed by atoms with Crippen LogP contribution in [0.25, 0.3) is 0 Å². The van der Waals surface area contributed by atoms with Gasteiger partial charge in [0.2, 0.25) is 5.91 Å². The van der Waals surface area contributed by atoms with Crippen LogP contribution in [0.4, 0.5) is 5.69 Å². The van der Waals surface area contributed by atoms with Crippen LogP contribution in [0.15, 0.2) is 54.6 Å². The second-order valence-corrected chi connectivity index (χ2v) is 6.06. The zero-order valence-electron chi connectivity index (χ0n) is 14.1. The lowest BCUT2D eigenvalue weighted by molar-refractivity contribution is -0.119. The molecule has 126 valence electrons. The number of anilines is 1. The van der Waals surface area contributed by atoms with Gasteiger partial charge < -0.3 is 10.1 Å². The van der Waals surface area contributed by atoms with Gasteiger partial charge in [-0.3, -0.25) is 9.69 Å². The number of aryl methyl sites for hydroxylation is 1. The van der Waals surface area contributed by atoms with Gasteiger partial charge in [0.05, 0.1) is 19.3 Å². The van der Waals surface area contributed by atoms with Crippen LogP contribution in [0, 0.1) is 0 Å². The van der Waals surface area contributed by atoms with Crippen LogP contribution in [-0.2, 0) is 16.0 Å². The van der Waals surface area contributed by atoms with E-state index in [1.807, 2.05) is 36.4 Å². The molecule has 0 spiro atoms. The van der Waals surface area contributed by atoms with Gasteiger partial charge >= 0.3 is 0 Å². The molecule has 1 unspecified atom stereocenters. The summed E-state index contributed by atoms with van der Waals surface area (Å²) < 4.78 is 5.86. The minimum atomic E-state index is 0.0320. The number of nitrogens with zero attached hydrogens (tertiary/aromatic N) is 1. The number of rotatable bonds is 5. The molecule has 3 rings (SSSR count). The lowest BCUT2D eigenvalue weighted by Gasteiger charge is -2.32. The molecule has 0 aromatic heterocycles. The van der Waals surface area contributed by atoms with Crippen molar-refractivity contribution in [3.8, 4) is 0 Å². The van der Waals surface area contributed by atoms with Crippen LogP contribution in [0.1, 0.15) is 24.2 Å². The van der Waals surface area contributed by atoms with Crippen LogP contribution in [0.2, 0.25) is 0 Å². The normalized spacial score (nSPS) is 18.3. The SMILES string of the molecule is CCc1ccccc1NC(=O)CN1CCOC(c2ccccc2)C1. The number of carbonyl (C=O) groups is 1. The topological polar surface area (TPSA) is 41.6 Å². The number of morpholine rings is 1. The summed E-state index contributed by atoms with van der Waals surface area (Å²) in [6.45, 7) is 4.67. The first-order valence-electron chi connectivity index (χ1n) is 8.53. The third-order valence-corrected chi connectivity index (χ3v) is 4.36. The fraction of sp³-hybridized carbons (Fsp3) is 0.350. The minimum absolute atomic E-state index is 0.0320. The molecule has 4 heteroatoms. The van der Waals surface area contributed by atoms with E-state index in [1.54, 1.807) is 0 Å². The first kappa shape index (κ1) is 16.7. The van der Waals surface area contributed by atoms with Gasteiger partial charge in [-0.15, -0.1) is 0 Å². The monoisotopic (exact) mass is 324 g/mol. The number of para-hydroxylation sites is 1. The molecule has 24 heavy (non-hydrogen) atoms. The maximum Gasteiger partial charge on any atom is 0.238 e. The van der Waals surface area contributed by atoms with E-state index in [9.17, 15) is 4.79 Å². The Labute approximate surface area is 143 Å². The highest BCUT2D eigenvalue weighted by molar-refractivity contribution is 5.93. The maximum absolute atomic E-state index is 12.4. The fourth-order valence-electron chi connectivity index (χ4n) is 3.06. The van der Waals surface area contributed by atoms with E-state index in [1.165, 1.54) is 5.56 Å². The Morgan fingerprint density at radius 2 is 1.92 bits per heavy atom. The van der Waals surface area contributed by atoms with Crippen molar-refractivity contribution in [2.24, 2.45) is 0 Å². The van der Waals surface area contributed by atoms with E-state index in [0.717, 1.165) is 30.8 Å². The highest BCUT2D eigenvalue weighted by Gasteiger charge is 2.23. The Hall–Kier alpha value is -2.17. The molecule has 2 aromatic carbocycles. The Kier molecular flexibility index (Phi) is 5.62. The van der Waals surface area contributed by atoms with Gasteiger partial charge in [-0.1, -0.05) is 55.5 Å². The molecule has 0 aliphatic carbocycles. The highest BCUT2D eigenvalue weighted by atomic mass is 16.5. The fourth-order valence-corrected chi connectivity index (χ4v) is 3.06. The molecule has 1 saturated heterocycles. The van der Waals surface area contributed by atoms with Crippen molar-refractivity contribution in [1.82, 2.24) is 4.90 Å². The molecule has 1 amide bonds. The van der Waals surface area contributed by atoms with Crippen molar-refractivity contribution < 1.29 is 9.53 Å². The van der Waals surface area contributed by atoms with Gasteiger partial charge in [0, 0.05) is 18.8 Å². The molecule has 0 saturated carbocycles. The molecular formula is C20H24N2O2. The molecule has 1 aliphatic rings. The number of amides is 1. The quantitative estimate of drug-likeness (QED) is 0.918. The lowest BCUT2D eigenvalue weighted by atomic mass is 10.1. The van der Waals surface area contributed by atoms with E-state index in [4.69, 9.17) is 4.74 Å². The molecule has 1 fully saturated rings. The summed E-state index contributed by atoms with van der Waals surface area (Å²) in [4.78, 5) is 14.6. The summed E-state index contributed by atoms with van der Waals surface area (Å²) in [5.74, 6) is 0.0320. The van der Waals surface area contributed by atoms with Crippen molar-refractivity contribution in [2.45, 2.75) is 19.4 Å². The molecule has 1 N–H and O–H groups in total. The molecule has 1 heterocycles. The Morgan fingerprint density at radius 1 is 1.17 bits per heavy atom. The number of ether oxygens (including phenoxy) is 1. The van der Waals surface area contributed by atoms with E-state index >= 15 is 0 Å². The van der Waals surface area contributed by atoms with E-state index in [0.29, 0.717) is 13.2 Å². The van der Waals surface area contributed by atoms with Crippen LogP contribution < -0.4 is 5.32 Å². The van der Waals surface area contributed by atoms with Gasteiger partial charge in [-0.2, -0.15) is 0 Å². The zero-order chi connectivity index (χ0) is 16.8. The van der Waals surface area contributed by atoms with E-state index in [-0.39, 0.29) is 12.0 Å². The molecule has 0 radical (unpaired) electrons. The second kappa shape index (κ2) is 8.08. The summed E-state index contributed by atoms with van der Waals surface area (Å²) in [7, 11) is 0. The Bertz CT molecular complexity index is 672.